The first-order valence-electron chi connectivity index (χ1n) is 9.50. The van der Waals surface area contributed by atoms with E-state index >= 15 is 0 Å². The fraction of sp³-hybridized carbons (Fsp3) is 0.550. The van der Waals surface area contributed by atoms with E-state index in [4.69, 9.17) is 0 Å². The van der Waals surface area contributed by atoms with Crippen molar-refractivity contribution < 1.29 is 14.4 Å². The lowest BCUT2D eigenvalue weighted by Gasteiger charge is -2.37. The van der Waals surface area contributed by atoms with Crippen molar-refractivity contribution >= 4 is 17.8 Å². The van der Waals surface area contributed by atoms with E-state index in [0.29, 0.717) is 30.9 Å². The van der Waals surface area contributed by atoms with Crippen LogP contribution in [0.4, 0.5) is 4.79 Å². The van der Waals surface area contributed by atoms with E-state index in [1.165, 1.54) is 11.9 Å². The second kappa shape index (κ2) is 7.68. The van der Waals surface area contributed by atoms with Gasteiger partial charge in [0.2, 0.25) is 0 Å². The Labute approximate surface area is 160 Å². The molecule has 0 radical (unpaired) electrons. The van der Waals surface area contributed by atoms with Crippen molar-refractivity contribution in [3.05, 3.63) is 35.4 Å². The zero-order valence-corrected chi connectivity index (χ0v) is 16.2. The third-order valence-electron chi connectivity index (χ3n) is 5.34. The quantitative estimate of drug-likeness (QED) is 0.769. The van der Waals surface area contributed by atoms with Crippen molar-refractivity contribution in [2.75, 3.05) is 26.7 Å². The number of nitrogens with one attached hydrogen (secondary N) is 2. The number of benzene rings is 1. The predicted molar refractivity (Wildman–Crippen MR) is 102 cm³/mol. The third-order valence-corrected chi connectivity index (χ3v) is 5.34. The number of carbonyl (C=O) groups is 3. The Morgan fingerprint density at radius 1 is 1.26 bits per heavy atom. The monoisotopic (exact) mass is 372 g/mol. The maximum atomic E-state index is 12.4. The van der Waals surface area contributed by atoms with Crippen molar-refractivity contribution in [3.8, 4) is 0 Å². The molecule has 2 N–H and O–H groups in total. The summed E-state index contributed by atoms with van der Waals surface area (Å²) in [5.41, 5.74) is 1.00. The fourth-order valence-corrected chi connectivity index (χ4v) is 3.65. The van der Waals surface area contributed by atoms with Gasteiger partial charge in [-0.2, -0.15) is 0 Å². The van der Waals surface area contributed by atoms with Crippen molar-refractivity contribution in [1.29, 1.82) is 0 Å². The Bertz CT molecular complexity index is 738. The first-order chi connectivity index (χ1) is 12.8. The van der Waals surface area contributed by atoms with Gasteiger partial charge in [-0.15, -0.1) is 0 Å². The van der Waals surface area contributed by atoms with E-state index in [2.05, 4.69) is 29.4 Å². The molecule has 0 aromatic heterocycles. The van der Waals surface area contributed by atoms with Crippen LogP contribution in [-0.2, 0) is 11.3 Å². The van der Waals surface area contributed by atoms with Crippen LogP contribution in [0.15, 0.2) is 24.3 Å². The minimum atomic E-state index is -0.735. The largest absolute Gasteiger partial charge is 0.352 e. The van der Waals surface area contributed by atoms with Crippen LogP contribution in [0.2, 0.25) is 0 Å². The number of carbonyl (C=O) groups excluding carboxylic acids is 3. The standard InChI is InChI=1S/C20H28N4O3/c1-14(2)12-21-17(25)16-6-4-5-15(11-16)13-24-9-7-20(8-10-24)18(26)23(3)19(27)22-20/h4-6,11,14H,7-10,12-13H2,1-3H3,(H,21,25)(H,22,27). The molecule has 27 heavy (non-hydrogen) atoms. The molecule has 0 atom stereocenters. The number of nitrogens with zero attached hydrogens (tertiary/aromatic N) is 2. The molecule has 7 heteroatoms. The van der Waals surface area contributed by atoms with Crippen LogP contribution in [0.3, 0.4) is 0 Å². The number of imide groups is 1. The van der Waals surface area contributed by atoms with Crippen LogP contribution >= 0.6 is 0 Å². The van der Waals surface area contributed by atoms with E-state index in [9.17, 15) is 14.4 Å². The van der Waals surface area contributed by atoms with Gasteiger partial charge in [0.05, 0.1) is 0 Å². The van der Waals surface area contributed by atoms with Crippen LogP contribution in [0.5, 0.6) is 0 Å². The molecule has 2 aliphatic heterocycles. The number of amides is 4. The van der Waals surface area contributed by atoms with E-state index in [0.717, 1.165) is 25.2 Å². The summed E-state index contributed by atoms with van der Waals surface area (Å²) in [6.07, 6.45) is 1.22. The van der Waals surface area contributed by atoms with Gasteiger partial charge in [-0.05, 0) is 36.5 Å². The van der Waals surface area contributed by atoms with Gasteiger partial charge >= 0.3 is 6.03 Å². The van der Waals surface area contributed by atoms with Gasteiger partial charge in [0, 0.05) is 38.8 Å². The molecule has 7 nitrogen and oxygen atoms in total. The third kappa shape index (κ3) is 4.13. The molecule has 0 saturated carbocycles. The smallest absolute Gasteiger partial charge is 0.324 e. The molecule has 1 aromatic rings. The average Bonchev–Trinajstić information content (AvgIpc) is 2.86. The Balaban J connectivity index is 1.58. The summed E-state index contributed by atoms with van der Waals surface area (Å²) in [4.78, 5) is 39.8. The SMILES string of the molecule is CC(C)CNC(=O)c1cccc(CN2CCC3(CC2)NC(=O)N(C)C3=O)c1. The molecule has 1 spiro atoms. The molecule has 3 rings (SSSR count). The molecule has 2 saturated heterocycles. The Morgan fingerprint density at radius 3 is 2.56 bits per heavy atom. The van der Waals surface area contributed by atoms with Gasteiger partial charge in [0.25, 0.3) is 11.8 Å². The van der Waals surface area contributed by atoms with Crippen molar-refractivity contribution in [2.24, 2.45) is 5.92 Å². The van der Waals surface area contributed by atoms with Gasteiger partial charge in [-0.25, -0.2) is 4.79 Å². The maximum Gasteiger partial charge on any atom is 0.324 e. The highest BCUT2D eigenvalue weighted by atomic mass is 16.2. The maximum absolute atomic E-state index is 12.4. The molecule has 0 aliphatic carbocycles. The molecule has 146 valence electrons. The molecule has 2 heterocycles. The van der Waals surface area contributed by atoms with Crippen molar-refractivity contribution in [3.63, 3.8) is 0 Å². The summed E-state index contributed by atoms with van der Waals surface area (Å²) >= 11 is 0. The fourth-order valence-electron chi connectivity index (χ4n) is 3.65. The van der Waals surface area contributed by atoms with E-state index in [1.54, 1.807) is 0 Å². The molecular formula is C20H28N4O3. The molecular weight excluding hydrogens is 344 g/mol. The zero-order chi connectivity index (χ0) is 19.6. The average molecular weight is 372 g/mol. The molecule has 0 unspecified atom stereocenters. The summed E-state index contributed by atoms with van der Waals surface area (Å²) < 4.78 is 0. The highest BCUT2D eigenvalue weighted by Gasteiger charge is 2.50. The topological polar surface area (TPSA) is 81.8 Å². The van der Waals surface area contributed by atoms with Gasteiger partial charge in [-0.1, -0.05) is 26.0 Å². The summed E-state index contributed by atoms with van der Waals surface area (Å²) in [7, 11) is 1.52. The van der Waals surface area contributed by atoms with Crippen LogP contribution in [0.25, 0.3) is 0 Å². The number of hydrogen-bond donors (Lipinski definition) is 2. The summed E-state index contributed by atoms with van der Waals surface area (Å²) in [5.74, 6) is 0.233. The second-order valence-corrected chi connectivity index (χ2v) is 7.96. The Kier molecular flexibility index (Phi) is 5.51. The Hall–Kier alpha value is -2.41. The lowest BCUT2D eigenvalue weighted by molar-refractivity contribution is -0.132. The highest BCUT2D eigenvalue weighted by molar-refractivity contribution is 6.06. The van der Waals surface area contributed by atoms with Gasteiger partial charge in [-0.3, -0.25) is 19.4 Å². The molecule has 0 bridgehead atoms. The second-order valence-electron chi connectivity index (χ2n) is 7.96. The van der Waals surface area contributed by atoms with E-state index < -0.39 is 5.54 Å². The number of urea groups is 1. The van der Waals surface area contributed by atoms with E-state index in [1.807, 2.05) is 24.3 Å². The summed E-state index contributed by atoms with van der Waals surface area (Å²) in [6, 6.07) is 7.36. The van der Waals surface area contributed by atoms with Gasteiger partial charge in [0.1, 0.15) is 5.54 Å². The lowest BCUT2D eigenvalue weighted by atomic mass is 9.87. The number of hydrogen-bond acceptors (Lipinski definition) is 4. The first-order valence-corrected chi connectivity index (χ1v) is 9.50. The summed E-state index contributed by atoms with van der Waals surface area (Å²) in [5, 5.41) is 5.80. The number of likely N-dealkylation sites (tertiary alicyclic amines) is 1. The van der Waals surface area contributed by atoms with Crippen molar-refractivity contribution in [2.45, 2.75) is 38.8 Å². The molecule has 2 aliphatic rings. The summed E-state index contributed by atoms with van der Waals surface area (Å²) in [6.45, 7) is 6.96. The number of likely N-dealkylation sites (N-methyl/N-ethyl adjacent to an activating group) is 1. The van der Waals surface area contributed by atoms with Crippen LogP contribution in [0.1, 0.15) is 42.6 Å². The zero-order valence-electron chi connectivity index (χ0n) is 16.2. The normalized spacial score (nSPS) is 19.6. The van der Waals surface area contributed by atoms with Crippen LogP contribution in [-0.4, -0.2) is 59.9 Å². The number of piperidine rings is 1. The lowest BCUT2D eigenvalue weighted by Crippen LogP contribution is -2.54. The highest BCUT2D eigenvalue weighted by Crippen LogP contribution is 2.29. The first kappa shape index (κ1) is 19.4. The molecule has 1 aromatic carbocycles. The number of rotatable bonds is 5. The van der Waals surface area contributed by atoms with Crippen LogP contribution in [0, 0.1) is 5.92 Å². The van der Waals surface area contributed by atoms with Crippen LogP contribution < -0.4 is 10.6 Å². The van der Waals surface area contributed by atoms with Gasteiger partial charge < -0.3 is 10.6 Å². The minimum absolute atomic E-state index is 0.0505. The molecule has 4 amide bonds. The predicted octanol–water partition coefficient (Wildman–Crippen LogP) is 1.59. The minimum Gasteiger partial charge on any atom is -0.352 e. The Morgan fingerprint density at radius 2 is 1.96 bits per heavy atom. The van der Waals surface area contributed by atoms with Crippen molar-refractivity contribution in [1.82, 2.24) is 20.4 Å². The van der Waals surface area contributed by atoms with Gasteiger partial charge in [0.15, 0.2) is 0 Å². The van der Waals surface area contributed by atoms with E-state index in [-0.39, 0.29) is 17.8 Å². The molecule has 2 fully saturated rings.